The molecular formula is C15H13ClFNO4. The predicted octanol–water partition coefficient (Wildman–Crippen LogP) is 2.45. The molecule has 0 aliphatic rings. The van der Waals surface area contributed by atoms with Crippen molar-refractivity contribution in [3.8, 4) is 5.75 Å². The van der Waals surface area contributed by atoms with Crippen molar-refractivity contribution in [2.75, 3.05) is 0 Å². The van der Waals surface area contributed by atoms with E-state index in [1.807, 2.05) is 0 Å². The van der Waals surface area contributed by atoms with E-state index in [4.69, 9.17) is 21.8 Å². The number of hydrogen-bond donors (Lipinski definition) is 2. The van der Waals surface area contributed by atoms with Crippen LogP contribution in [0, 0.1) is 12.7 Å². The maximum absolute atomic E-state index is 13.3. The van der Waals surface area contributed by atoms with Crippen molar-refractivity contribution in [1.29, 1.82) is 0 Å². The first-order valence-corrected chi connectivity index (χ1v) is 6.74. The van der Waals surface area contributed by atoms with E-state index in [1.54, 1.807) is 0 Å². The molecule has 7 heteroatoms. The molecule has 22 heavy (non-hydrogen) atoms. The van der Waals surface area contributed by atoms with E-state index >= 15 is 0 Å². The fourth-order valence-electron chi connectivity index (χ4n) is 2.15. The Balaban J connectivity index is 2.62. The van der Waals surface area contributed by atoms with E-state index in [0.29, 0.717) is 5.56 Å². The molecule has 2 rings (SSSR count). The van der Waals surface area contributed by atoms with Gasteiger partial charge in [-0.1, -0.05) is 17.7 Å². The van der Waals surface area contributed by atoms with Crippen molar-refractivity contribution >= 4 is 17.5 Å². The second kappa shape index (κ2) is 6.19. The lowest BCUT2D eigenvalue weighted by molar-refractivity contribution is -0.118. The number of aromatic hydroxyl groups is 1. The monoisotopic (exact) mass is 325 g/mol. The van der Waals surface area contributed by atoms with Crippen molar-refractivity contribution < 1.29 is 18.7 Å². The molecule has 5 nitrogen and oxygen atoms in total. The molecule has 0 bridgehead atoms. The number of rotatable bonds is 4. The highest BCUT2D eigenvalue weighted by molar-refractivity contribution is 6.30. The number of halogens is 2. The number of benzene rings is 1. The molecule has 0 saturated carbocycles. The van der Waals surface area contributed by atoms with Crippen molar-refractivity contribution in [3.05, 3.63) is 62.4 Å². The van der Waals surface area contributed by atoms with Gasteiger partial charge in [0.2, 0.25) is 17.1 Å². The van der Waals surface area contributed by atoms with Crippen LogP contribution in [0.5, 0.6) is 5.75 Å². The summed E-state index contributed by atoms with van der Waals surface area (Å²) >= 11 is 5.74. The Hall–Kier alpha value is -2.34. The molecule has 0 saturated heterocycles. The molecule has 1 aromatic heterocycles. The highest BCUT2D eigenvalue weighted by atomic mass is 35.5. The topological polar surface area (TPSA) is 93.5 Å². The lowest BCUT2D eigenvalue weighted by Crippen LogP contribution is -2.18. The molecule has 0 unspecified atom stereocenters. The van der Waals surface area contributed by atoms with Gasteiger partial charge in [0.05, 0.1) is 10.9 Å². The standard InChI is InChI=1S/C15H13ClFNO4/c1-7-4-12(19)14(21)15(22-7)9(6-13(18)20)8-2-3-11(17)10(16)5-8/h2-5,9,21H,6H2,1H3,(H2,18,20)/t9-/m0/s1. The average Bonchev–Trinajstić information content (AvgIpc) is 2.43. The molecule has 1 atom stereocenters. The maximum atomic E-state index is 13.3. The second-order valence-electron chi connectivity index (χ2n) is 4.83. The normalized spacial score (nSPS) is 12.1. The first-order chi connectivity index (χ1) is 10.3. The van der Waals surface area contributed by atoms with Crippen molar-refractivity contribution in [1.82, 2.24) is 0 Å². The predicted molar refractivity (Wildman–Crippen MR) is 78.4 cm³/mol. The Morgan fingerprint density at radius 2 is 2.14 bits per heavy atom. The SMILES string of the molecule is Cc1cc(=O)c(O)c([C@@H](CC(N)=O)c2ccc(F)c(Cl)c2)o1. The van der Waals surface area contributed by atoms with Gasteiger partial charge >= 0.3 is 0 Å². The molecule has 3 N–H and O–H groups in total. The lowest BCUT2D eigenvalue weighted by atomic mass is 9.92. The van der Waals surface area contributed by atoms with Crippen LogP contribution in [0.3, 0.4) is 0 Å². The zero-order valence-electron chi connectivity index (χ0n) is 11.6. The van der Waals surface area contributed by atoms with Gasteiger partial charge < -0.3 is 15.3 Å². The molecule has 0 aliphatic carbocycles. The van der Waals surface area contributed by atoms with Gasteiger partial charge in [0.1, 0.15) is 11.6 Å². The highest BCUT2D eigenvalue weighted by Crippen LogP contribution is 2.34. The lowest BCUT2D eigenvalue weighted by Gasteiger charge is -2.17. The van der Waals surface area contributed by atoms with Crippen LogP contribution in [-0.4, -0.2) is 11.0 Å². The quantitative estimate of drug-likeness (QED) is 0.902. The molecule has 0 radical (unpaired) electrons. The molecule has 1 amide bonds. The molecule has 2 aromatic rings. The zero-order valence-corrected chi connectivity index (χ0v) is 12.4. The third-order valence-electron chi connectivity index (χ3n) is 3.14. The summed E-state index contributed by atoms with van der Waals surface area (Å²) in [5.41, 5.74) is 4.97. The highest BCUT2D eigenvalue weighted by Gasteiger charge is 2.25. The van der Waals surface area contributed by atoms with Gasteiger partial charge in [-0.2, -0.15) is 0 Å². The number of aryl methyl sites for hydroxylation is 1. The third kappa shape index (κ3) is 3.28. The number of amides is 1. The van der Waals surface area contributed by atoms with Gasteiger partial charge in [0.15, 0.2) is 5.76 Å². The van der Waals surface area contributed by atoms with Gasteiger partial charge in [-0.25, -0.2) is 4.39 Å². The summed E-state index contributed by atoms with van der Waals surface area (Å²) < 4.78 is 18.7. The van der Waals surface area contributed by atoms with Crippen molar-refractivity contribution in [3.63, 3.8) is 0 Å². The van der Waals surface area contributed by atoms with E-state index in [-0.39, 0.29) is 23.0 Å². The summed E-state index contributed by atoms with van der Waals surface area (Å²) in [6.45, 7) is 1.53. The van der Waals surface area contributed by atoms with E-state index in [9.17, 15) is 19.1 Å². The summed E-state index contributed by atoms with van der Waals surface area (Å²) in [5, 5.41) is 9.77. The maximum Gasteiger partial charge on any atom is 0.227 e. The fraction of sp³-hybridized carbons (Fsp3) is 0.200. The smallest absolute Gasteiger partial charge is 0.227 e. The summed E-state index contributed by atoms with van der Waals surface area (Å²) in [4.78, 5) is 23.0. The van der Waals surface area contributed by atoms with Crippen LogP contribution < -0.4 is 11.2 Å². The van der Waals surface area contributed by atoms with Crippen LogP contribution in [0.4, 0.5) is 4.39 Å². The zero-order chi connectivity index (χ0) is 16.4. The fourth-order valence-corrected chi connectivity index (χ4v) is 2.34. The summed E-state index contributed by atoms with van der Waals surface area (Å²) in [6.07, 6.45) is -0.234. The molecule has 1 aromatic carbocycles. The van der Waals surface area contributed by atoms with E-state index in [0.717, 1.165) is 12.1 Å². The van der Waals surface area contributed by atoms with Crippen LogP contribution in [0.2, 0.25) is 5.02 Å². The minimum atomic E-state index is -0.844. The average molecular weight is 326 g/mol. The Bertz CT molecular complexity index is 788. The van der Waals surface area contributed by atoms with Crippen molar-refractivity contribution in [2.24, 2.45) is 5.73 Å². The van der Waals surface area contributed by atoms with Crippen LogP contribution in [0.25, 0.3) is 0 Å². The Morgan fingerprint density at radius 1 is 1.45 bits per heavy atom. The summed E-state index contributed by atoms with van der Waals surface area (Å²) in [5.74, 6) is -2.60. The van der Waals surface area contributed by atoms with Crippen LogP contribution in [0.15, 0.2) is 33.5 Å². The third-order valence-corrected chi connectivity index (χ3v) is 3.43. The number of hydrogen-bond acceptors (Lipinski definition) is 4. The van der Waals surface area contributed by atoms with E-state index < -0.39 is 28.8 Å². The Kier molecular flexibility index (Phi) is 4.51. The van der Waals surface area contributed by atoms with Gasteiger partial charge in [-0.05, 0) is 24.6 Å². The van der Waals surface area contributed by atoms with Gasteiger partial charge in [0.25, 0.3) is 0 Å². The van der Waals surface area contributed by atoms with Gasteiger partial charge in [-0.3, -0.25) is 9.59 Å². The number of primary amides is 1. The van der Waals surface area contributed by atoms with Crippen LogP contribution >= 0.6 is 11.6 Å². The molecule has 0 aliphatic heterocycles. The Labute approximate surface area is 130 Å². The largest absolute Gasteiger partial charge is 0.502 e. The Morgan fingerprint density at radius 3 is 2.73 bits per heavy atom. The second-order valence-corrected chi connectivity index (χ2v) is 5.24. The molecule has 0 fully saturated rings. The molecule has 0 spiro atoms. The molecular weight excluding hydrogens is 313 g/mol. The van der Waals surface area contributed by atoms with Gasteiger partial charge in [0, 0.05) is 12.5 Å². The number of nitrogens with two attached hydrogens (primary N) is 1. The van der Waals surface area contributed by atoms with E-state index in [2.05, 4.69) is 0 Å². The minimum Gasteiger partial charge on any atom is -0.502 e. The molecule has 1 heterocycles. The first kappa shape index (κ1) is 16.0. The van der Waals surface area contributed by atoms with Crippen LogP contribution in [-0.2, 0) is 4.79 Å². The number of carbonyl (C=O) groups is 1. The molecule has 116 valence electrons. The summed E-state index contributed by atoms with van der Waals surface area (Å²) in [6, 6.07) is 4.93. The number of carbonyl (C=O) groups excluding carboxylic acids is 1. The van der Waals surface area contributed by atoms with Crippen molar-refractivity contribution in [2.45, 2.75) is 19.3 Å². The van der Waals surface area contributed by atoms with Gasteiger partial charge in [-0.15, -0.1) is 0 Å². The van der Waals surface area contributed by atoms with Crippen LogP contribution in [0.1, 0.15) is 29.4 Å². The van der Waals surface area contributed by atoms with E-state index in [1.165, 1.54) is 19.1 Å². The summed E-state index contributed by atoms with van der Waals surface area (Å²) in [7, 11) is 0. The minimum absolute atomic E-state index is 0.105. The first-order valence-electron chi connectivity index (χ1n) is 6.36.